The van der Waals surface area contributed by atoms with Gasteiger partial charge >= 0.3 is 0 Å². The lowest BCUT2D eigenvalue weighted by molar-refractivity contribution is 0.0668. The number of hydrogen-bond donors (Lipinski definition) is 0. The minimum Gasteiger partial charge on any atom is -0.338 e. The highest BCUT2D eigenvalue weighted by Gasteiger charge is 2.24. The van der Waals surface area contributed by atoms with Crippen LogP contribution in [0.25, 0.3) is 0 Å². The van der Waals surface area contributed by atoms with Crippen LogP contribution in [0, 0.1) is 5.92 Å². The molecular weight excluding hydrogens is 272 g/mol. The number of carbonyl (C=O) groups is 1. The van der Waals surface area contributed by atoms with Crippen LogP contribution in [-0.2, 0) is 6.42 Å². The molecule has 1 aliphatic heterocycles. The van der Waals surface area contributed by atoms with Gasteiger partial charge < -0.3 is 4.90 Å². The van der Waals surface area contributed by atoms with Gasteiger partial charge in [-0.25, -0.2) is 0 Å². The van der Waals surface area contributed by atoms with Crippen LogP contribution in [0.2, 0.25) is 0 Å². The Balaban J connectivity index is 1.56. The molecule has 2 aromatic rings. The van der Waals surface area contributed by atoms with Crippen LogP contribution >= 0.6 is 0 Å². The molecule has 0 bridgehead atoms. The standard InChI is InChI=1S/C19H22N2O/c22-19(18-10-12-20-13-11-18)21-14-4-7-17(15-21)9-8-16-5-2-1-3-6-16/h1-3,5-6,10-13,17H,4,7-9,14-15H2/t17-/m1/s1. The van der Waals surface area contributed by atoms with Crippen LogP contribution in [0.1, 0.15) is 35.2 Å². The van der Waals surface area contributed by atoms with E-state index in [-0.39, 0.29) is 5.91 Å². The van der Waals surface area contributed by atoms with E-state index >= 15 is 0 Å². The summed E-state index contributed by atoms with van der Waals surface area (Å²) in [6.45, 7) is 1.76. The molecule has 1 aromatic heterocycles. The van der Waals surface area contributed by atoms with Gasteiger partial charge in [-0.3, -0.25) is 9.78 Å². The number of carbonyl (C=O) groups excluding carboxylic acids is 1. The fourth-order valence-corrected chi connectivity index (χ4v) is 3.18. The first-order chi connectivity index (χ1) is 10.8. The van der Waals surface area contributed by atoms with Gasteiger partial charge in [-0.15, -0.1) is 0 Å². The number of piperidine rings is 1. The number of aromatic nitrogens is 1. The topological polar surface area (TPSA) is 33.2 Å². The molecule has 2 heterocycles. The molecule has 0 unspecified atom stereocenters. The smallest absolute Gasteiger partial charge is 0.253 e. The molecule has 0 N–H and O–H groups in total. The van der Waals surface area contributed by atoms with Gasteiger partial charge in [-0.05, 0) is 49.3 Å². The number of hydrogen-bond acceptors (Lipinski definition) is 2. The summed E-state index contributed by atoms with van der Waals surface area (Å²) in [6, 6.07) is 14.2. The normalized spacial score (nSPS) is 18.2. The largest absolute Gasteiger partial charge is 0.338 e. The van der Waals surface area contributed by atoms with E-state index in [2.05, 4.69) is 35.3 Å². The second kappa shape index (κ2) is 7.21. The van der Waals surface area contributed by atoms with E-state index in [4.69, 9.17) is 0 Å². The van der Waals surface area contributed by atoms with Crippen LogP contribution < -0.4 is 0 Å². The lowest BCUT2D eigenvalue weighted by Crippen LogP contribution is -2.40. The lowest BCUT2D eigenvalue weighted by Gasteiger charge is -2.33. The number of likely N-dealkylation sites (tertiary alicyclic amines) is 1. The molecule has 3 nitrogen and oxygen atoms in total. The van der Waals surface area contributed by atoms with Crippen LogP contribution in [-0.4, -0.2) is 28.9 Å². The number of pyridine rings is 1. The van der Waals surface area contributed by atoms with Crippen LogP contribution in [0.3, 0.4) is 0 Å². The monoisotopic (exact) mass is 294 g/mol. The van der Waals surface area contributed by atoms with Gasteiger partial charge in [0.15, 0.2) is 0 Å². The summed E-state index contributed by atoms with van der Waals surface area (Å²) in [5.41, 5.74) is 2.14. The molecule has 0 radical (unpaired) electrons. The summed E-state index contributed by atoms with van der Waals surface area (Å²) in [4.78, 5) is 18.5. The first kappa shape index (κ1) is 14.8. The first-order valence-electron chi connectivity index (χ1n) is 8.06. The molecule has 1 amide bonds. The van der Waals surface area contributed by atoms with Crippen molar-refractivity contribution < 1.29 is 4.79 Å². The van der Waals surface area contributed by atoms with Crippen molar-refractivity contribution >= 4 is 5.91 Å². The Morgan fingerprint density at radius 2 is 1.91 bits per heavy atom. The van der Waals surface area contributed by atoms with Crippen molar-refractivity contribution in [1.82, 2.24) is 9.88 Å². The Morgan fingerprint density at radius 1 is 1.14 bits per heavy atom. The van der Waals surface area contributed by atoms with Gasteiger partial charge in [0.1, 0.15) is 0 Å². The summed E-state index contributed by atoms with van der Waals surface area (Å²) >= 11 is 0. The molecule has 1 aliphatic rings. The van der Waals surface area contributed by atoms with Crippen molar-refractivity contribution in [2.75, 3.05) is 13.1 Å². The number of rotatable bonds is 4. The molecule has 22 heavy (non-hydrogen) atoms. The Kier molecular flexibility index (Phi) is 4.84. The van der Waals surface area contributed by atoms with Crippen molar-refractivity contribution in [2.24, 2.45) is 5.92 Å². The van der Waals surface area contributed by atoms with E-state index in [0.717, 1.165) is 37.9 Å². The van der Waals surface area contributed by atoms with Gasteiger partial charge in [0.05, 0.1) is 0 Å². The number of aryl methyl sites for hydroxylation is 1. The van der Waals surface area contributed by atoms with Crippen molar-refractivity contribution in [3.8, 4) is 0 Å². The average molecular weight is 294 g/mol. The fourth-order valence-electron chi connectivity index (χ4n) is 3.18. The SMILES string of the molecule is O=C(c1ccncc1)N1CCC[C@H](CCc2ccccc2)C1. The maximum absolute atomic E-state index is 12.5. The summed E-state index contributed by atoms with van der Waals surface area (Å²) in [5.74, 6) is 0.756. The van der Waals surface area contributed by atoms with E-state index in [9.17, 15) is 4.79 Å². The molecule has 1 atom stereocenters. The minimum absolute atomic E-state index is 0.145. The second-order valence-electron chi connectivity index (χ2n) is 6.02. The van der Waals surface area contributed by atoms with Gasteiger partial charge in [0.25, 0.3) is 5.91 Å². The highest BCUT2D eigenvalue weighted by Crippen LogP contribution is 2.22. The molecule has 1 aromatic carbocycles. The van der Waals surface area contributed by atoms with Crippen molar-refractivity contribution in [3.63, 3.8) is 0 Å². The summed E-state index contributed by atoms with van der Waals surface area (Å²) in [7, 11) is 0. The zero-order valence-corrected chi connectivity index (χ0v) is 12.8. The predicted molar refractivity (Wildman–Crippen MR) is 87.6 cm³/mol. The summed E-state index contributed by atoms with van der Waals surface area (Å²) < 4.78 is 0. The summed E-state index contributed by atoms with van der Waals surface area (Å²) in [5, 5.41) is 0. The third-order valence-electron chi connectivity index (χ3n) is 4.42. The minimum atomic E-state index is 0.145. The Labute approximate surface area is 132 Å². The average Bonchev–Trinajstić information content (AvgIpc) is 2.61. The van der Waals surface area contributed by atoms with Crippen molar-refractivity contribution in [3.05, 3.63) is 66.0 Å². The van der Waals surface area contributed by atoms with E-state index in [1.807, 2.05) is 4.90 Å². The van der Waals surface area contributed by atoms with Crippen LogP contribution in [0.4, 0.5) is 0 Å². The first-order valence-corrected chi connectivity index (χ1v) is 8.06. The quantitative estimate of drug-likeness (QED) is 0.863. The molecule has 1 saturated heterocycles. The molecule has 0 saturated carbocycles. The van der Waals surface area contributed by atoms with Crippen LogP contribution in [0.5, 0.6) is 0 Å². The highest BCUT2D eigenvalue weighted by molar-refractivity contribution is 5.94. The van der Waals surface area contributed by atoms with Crippen LogP contribution in [0.15, 0.2) is 54.9 Å². The number of benzene rings is 1. The maximum Gasteiger partial charge on any atom is 0.253 e. The molecule has 3 heteroatoms. The van der Waals surface area contributed by atoms with E-state index in [0.29, 0.717) is 5.92 Å². The Morgan fingerprint density at radius 3 is 2.68 bits per heavy atom. The second-order valence-corrected chi connectivity index (χ2v) is 6.02. The van der Waals surface area contributed by atoms with Gasteiger partial charge in [-0.1, -0.05) is 30.3 Å². The molecule has 0 aliphatic carbocycles. The lowest BCUT2D eigenvalue weighted by atomic mass is 9.91. The maximum atomic E-state index is 12.5. The van der Waals surface area contributed by atoms with E-state index < -0.39 is 0 Å². The Bertz CT molecular complexity index is 597. The van der Waals surface area contributed by atoms with Crippen molar-refractivity contribution in [2.45, 2.75) is 25.7 Å². The third-order valence-corrected chi connectivity index (χ3v) is 4.42. The van der Waals surface area contributed by atoms with Gasteiger partial charge in [0, 0.05) is 31.0 Å². The zero-order valence-electron chi connectivity index (χ0n) is 12.8. The molecule has 114 valence electrons. The Hall–Kier alpha value is -2.16. The molecule has 1 fully saturated rings. The zero-order chi connectivity index (χ0) is 15.2. The highest BCUT2D eigenvalue weighted by atomic mass is 16.2. The van der Waals surface area contributed by atoms with Gasteiger partial charge in [-0.2, -0.15) is 0 Å². The number of nitrogens with zero attached hydrogens (tertiary/aromatic N) is 2. The number of amides is 1. The molecule has 0 spiro atoms. The fraction of sp³-hybridized carbons (Fsp3) is 0.368. The van der Waals surface area contributed by atoms with Crippen molar-refractivity contribution in [1.29, 1.82) is 0 Å². The van der Waals surface area contributed by atoms with E-state index in [1.165, 1.54) is 12.0 Å². The molecule has 3 rings (SSSR count). The third kappa shape index (κ3) is 3.73. The summed E-state index contributed by atoms with van der Waals surface area (Å²) in [6.07, 6.45) is 7.96. The van der Waals surface area contributed by atoms with Gasteiger partial charge in [0.2, 0.25) is 0 Å². The molecular formula is C19H22N2O. The predicted octanol–water partition coefficient (Wildman–Crippen LogP) is 3.57. The van der Waals surface area contributed by atoms with E-state index in [1.54, 1.807) is 24.5 Å².